The molecule has 7 heteroatoms. The number of anilines is 1. The van der Waals surface area contributed by atoms with Crippen LogP contribution in [0.5, 0.6) is 0 Å². The fourth-order valence-electron chi connectivity index (χ4n) is 3.53. The molecule has 4 aromatic rings. The number of rotatable bonds is 6. The number of hydrogen-bond donors (Lipinski definition) is 1. The summed E-state index contributed by atoms with van der Waals surface area (Å²) in [6, 6.07) is 7.79. The minimum atomic E-state index is -0.293. The topological polar surface area (TPSA) is 96.2 Å². The fraction of sp³-hybridized carbons (Fsp3) is 0.286. The van der Waals surface area contributed by atoms with Gasteiger partial charge in [0, 0.05) is 10.9 Å². The molecule has 1 aromatic carbocycles. The average molecular weight is 378 g/mol. The molecule has 0 aliphatic carbocycles. The first-order valence-corrected chi connectivity index (χ1v) is 9.32. The third-order valence-corrected chi connectivity index (χ3v) is 4.81. The highest BCUT2D eigenvalue weighted by Crippen LogP contribution is 2.36. The van der Waals surface area contributed by atoms with E-state index in [1.54, 1.807) is 6.26 Å². The molecule has 0 atom stereocenters. The van der Waals surface area contributed by atoms with Crippen molar-refractivity contribution in [3.63, 3.8) is 0 Å². The van der Waals surface area contributed by atoms with Crippen molar-refractivity contribution in [3.8, 4) is 11.3 Å². The number of hydrogen-bond acceptors (Lipinski definition) is 6. The molecular weight excluding hydrogens is 356 g/mol. The maximum atomic E-state index is 12.4. The van der Waals surface area contributed by atoms with Gasteiger partial charge in [-0.1, -0.05) is 13.3 Å². The van der Waals surface area contributed by atoms with Crippen molar-refractivity contribution in [2.45, 2.75) is 33.2 Å². The van der Waals surface area contributed by atoms with E-state index < -0.39 is 0 Å². The van der Waals surface area contributed by atoms with Gasteiger partial charge in [-0.05, 0) is 43.2 Å². The summed E-state index contributed by atoms with van der Waals surface area (Å²) in [5.74, 6) is 0.850. The van der Waals surface area contributed by atoms with Gasteiger partial charge in [0.1, 0.15) is 30.1 Å². The SMILES string of the molecule is CCCCOC(=O)Cn1c2ncnc(N)c2c2cc(-c3ccco3)cc(C)c21. The number of carbonyl (C=O) groups is 1. The molecule has 0 aliphatic heterocycles. The van der Waals surface area contributed by atoms with Gasteiger partial charge < -0.3 is 19.5 Å². The third kappa shape index (κ3) is 3.09. The van der Waals surface area contributed by atoms with Crippen LogP contribution in [-0.4, -0.2) is 27.1 Å². The maximum absolute atomic E-state index is 12.4. The van der Waals surface area contributed by atoms with Crippen molar-refractivity contribution < 1.29 is 13.9 Å². The lowest BCUT2D eigenvalue weighted by Crippen LogP contribution is -2.15. The zero-order valence-electron chi connectivity index (χ0n) is 15.9. The molecule has 4 rings (SSSR count). The van der Waals surface area contributed by atoms with Crippen LogP contribution in [0.3, 0.4) is 0 Å². The van der Waals surface area contributed by atoms with Gasteiger partial charge in [-0.15, -0.1) is 0 Å². The maximum Gasteiger partial charge on any atom is 0.326 e. The van der Waals surface area contributed by atoms with Crippen molar-refractivity contribution in [1.82, 2.24) is 14.5 Å². The molecule has 0 bridgehead atoms. The molecule has 0 saturated carbocycles. The molecule has 0 spiro atoms. The number of aromatic nitrogens is 3. The van der Waals surface area contributed by atoms with Crippen molar-refractivity contribution in [1.29, 1.82) is 0 Å². The number of furan rings is 1. The first-order chi connectivity index (χ1) is 13.6. The Kier molecular flexibility index (Phi) is 4.73. The summed E-state index contributed by atoms with van der Waals surface area (Å²) in [4.78, 5) is 20.9. The van der Waals surface area contributed by atoms with E-state index in [2.05, 4.69) is 16.9 Å². The number of unbranched alkanes of at least 4 members (excludes halogenated alkanes) is 1. The summed E-state index contributed by atoms with van der Waals surface area (Å²) < 4.78 is 12.8. The molecule has 0 unspecified atom stereocenters. The molecule has 7 nitrogen and oxygen atoms in total. The molecule has 3 heterocycles. The predicted octanol–water partition coefficient (Wildman–Crippen LogP) is 4.08. The normalized spacial score (nSPS) is 11.4. The van der Waals surface area contributed by atoms with Crippen molar-refractivity contribution in [2.75, 3.05) is 12.3 Å². The smallest absolute Gasteiger partial charge is 0.326 e. The second-order valence-corrected chi connectivity index (χ2v) is 6.78. The van der Waals surface area contributed by atoms with E-state index in [4.69, 9.17) is 14.9 Å². The number of nitrogens with zero attached hydrogens (tertiary/aromatic N) is 3. The summed E-state index contributed by atoms with van der Waals surface area (Å²) in [5, 5.41) is 1.62. The standard InChI is InChI=1S/C21H22N4O3/c1-3-4-7-28-17(26)11-25-19-13(2)9-14(16-6-5-8-27-16)10-15(19)18-20(22)23-12-24-21(18)25/h5-6,8-10,12H,3-4,7,11H2,1-2H3,(H2,22,23,24). The molecule has 144 valence electrons. The monoisotopic (exact) mass is 378 g/mol. The number of benzene rings is 1. The Morgan fingerprint density at radius 2 is 2.18 bits per heavy atom. The van der Waals surface area contributed by atoms with E-state index in [1.165, 1.54) is 6.33 Å². The number of nitrogens with two attached hydrogens (primary N) is 1. The van der Waals surface area contributed by atoms with Gasteiger partial charge in [0.15, 0.2) is 0 Å². The molecule has 0 saturated heterocycles. The van der Waals surface area contributed by atoms with Crippen LogP contribution in [0.4, 0.5) is 5.82 Å². The zero-order valence-corrected chi connectivity index (χ0v) is 15.9. The van der Waals surface area contributed by atoms with Crippen molar-refractivity contribution in [3.05, 3.63) is 42.4 Å². The van der Waals surface area contributed by atoms with E-state index in [1.807, 2.05) is 35.8 Å². The first kappa shape index (κ1) is 18.0. The van der Waals surface area contributed by atoms with Crippen molar-refractivity contribution >= 4 is 33.7 Å². The van der Waals surface area contributed by atoms with Gasteiger partial charge in [-0.2, -0.15) is 0 Å². The first-order valence-electron chi connectivity index (χ1n) is 9.32. The fourth-order valence-corrected chi connectivity index (χ4v) is 3.53. The zero-order chi connectivity index (χ0) is 19.7. The Bertz CT molecular complexity index is 1150. The van der Waals surface area contributed by atoms with Crippen molar-refractivity contribution in [2.24, 2.45) is 0 Å². The van der Waals surface area contributed by atoms with Crippen LogP contribution in [0.2, 0.25) is 0 Å². The number of carbonyl (C=O) groups excluding carboxylic acids is 1. The molecule has 2 N–H and O–H groups in total. The van der Waals surface area contributed by atoms with Gasteiger partial charge >= 0.3 is 5.97 Å². The Labute approximate surface area is 162 Å². The second-order valence-electron chi connectivity index (χ2n) is 6.78. The quantitative estimate of drug-likeness (QED) is 0.401. The van der Waals surface area contributed by atoms with Crippen LogP contribution >= 0.6 is 0 Å². The lowest BCUT2D eigenvalue weighted by Gasteiger charge is -2.09. The Balaban J connectivity index is 1.89. The molecule has 3 aromatic heterocycles. The van der Waals surface area contributed by atoms with E-state index in [0.717, 1.165) is 46.0 Å². The molecular formula is C21H22N4O3. The minimum absolute atomic E-state index is 0.0705. The summed E-state index contributed by atoms with van der Waals surface area (Å²) in [7, 11) is 0. The van der Waals surface area contributed by atoms with Gasteiger partial charge in [-0.25, -0.2) is 9.97 Å². The molecule has 28 heavy (non-hydrogen) atoms. The van der Waals surface area contributed by atoms with Crippen LogP contribution < -0.4 is 5.73 Å². The van der Waals surface area contributed by atoms with Crippen LogP contribution in [0.15, 0.2) is 41.3 Å². The summed E-state index contributed by atoms with van der Waals surface area (Å²) in [6.07, 6.45) is 4.88. The Hall–Kier alpha value is -3.35. The van der Waals surface area contributed by atoms with E-state index in [-0.39, 0.29) is 12.5 Å². The number of nitrogen functional groups attached to an aromatic ring is 1. The number of aryl methyl sites for hydroxylation is 1. The Morgan fingerprint density at radius 3 is 2.93 bits per heavy atom. The highest BCUT2D eigenvalue weighted by Gasteiger charge is 2.20. The van der Waals surface area contributed by atoms with E-state index in [0.29, 0.717) is 18.1 Å². The second kappa shape index (κ2) is 7.34. The summed E-state index contributed by atoms with van der Waals surface area (Å²) >= 11 is 0. The van der Waals surface area contributed by atoms with Crippen LogP contribution in [0.25, 0.3) is 33.3 Å². The average Bonchev–Trinajstić information content (AvgIpc) is 3.30. The van der Waals surface area contributed by atoms with Crippen LogP contribution in [0.1, 0.15) is 25.3 Å². The van der Waals surface area contributed by atoms with Gasteiger partial charge in [-0.3, -0.25) is 4.79 Å². The molecule has 0 fully saturated rings. The predicted molar refractivity (Wildman–Crippen MR) is 108 cm³/mol. The summed E-state index contributed by atoms with van der Waals surface area (Å²) in [5.41, 5.74) is 9.61. The lowest BCUT2D eigenvalue weighted by molar-refractivity contribution is -0.144. The molecule has 0 radical (unpaired) electrons. The minimum Gasteiger partial charge on any atom is -0.464 e. The summed E-state index contributed by atoms with van der Waals surface area (Å²) in [6.45, 7) is 4.54. The number of ether oxygens (including phenoxy) is 1. The lowest BCUT2D eigenvalue weighted by atomic mass is 10.0. The number of fused-ring (bicyclic) bond motifs is 3. The Morgan fingerprint density at radius 1 is 1.32 bits per heavy atom. The largest absolute Gasteiger partial charge is 0.464 e. The highest BCUT2D eigenvalue weighted by molar-refractivity contribution is 6.13. The van der Waals surface area contributed by atoms with E-state index >= 15 is 0 Å². The van der Waals surface area contributed by atoms with Gasteiger partial charge in [0.2, 0.25) is 0 Å². The van der Waals surface area contributed by atoms with E-state index in [9.17, 15) is 4.79 Å². The third-order valence-electron chi connectivity index (χ3n) is 4.81. The molecule has 0 aliphatic rings. The van der Waals surface area contributed by atoms with Crippen LogP contribution in [-0.2, 0) is 16.1 Å². The highest BCUT2D eigenvalue weighted by atomic mass is 16.5. The molecule has 0 amide bonds. The number of esters is 1. The van der Waals surface area contributed by atoms with Gasteiger partial charge in [0.25, 0.3) is 0 Å². The van der Waals surface area contributed by atoms with Gasteiger partial charge in [0.05, 0.1) is 23.8 Å². The van der Waals surface area contributed by atoms with Crippen LogP contribution in [0, 0.1) is 6.92 Å².